The molecule has 2 rings (SSSR count). The van der Waals surface area contributed by atoms with Crippen molar-refractivity contribution in [3.05, 3.63) is 17.2 Å². The van der Waals surface area contributed by atoms with E-state index >= 15 is 0 Å². The summed E-state index contributed by atoms with van der Waals surface area (Å²) in [5.41, 5.74) is 0.468. The maximum atomic E-state index is 12.0. The van der Waals surface area contributed by atoms with Gasteiger partial charge in [0.2, 0.25) is 11.1 Å². The number of aryl methyl sites for hydroxylation is 1. The summed E-state index contributed by atoms with van der Waals surface area (Å²) >= 11 is 7.28. The molecule has 0 unspecified atom stereocenters. The molecule has 10 heteroatoms. The number of benzene rings is 1. The van der Waals surface area contributed by atoms with Crippen molar-refractivity contribution in [2.75, 3.05) is 25.3 Å². The normalized spacial score (nSPS) is 10.4. The fourth-order valence-electron chi connectivity index (χ4n) is 1.62. The van der Waals surface area contributed by atoms with E-state index in [1.165, 1.54) is 30.7 Å². The zero-order chi connectivity index (χ0) is 16.1. The van der Waals surface area contributed by atoms with E-state index in [-0.39, 0.29) is 11.7 Å². The highest BCUT2D eigenvalue weighted by Crippen LogP contribution is 2.35. The van der Waals surface area contributed by atoms with Gasteiger partial charge in [0.25, 0.3) is 0 Å². The number of rotatable bonds is 6. The van der Waals surface area contributed by atoms with Crippen LogP contribution in [0.25, 0.3) is 0 Å². The molecule has 1 aromatic heterocycles. The van der Waals surface area contributed by atoms with Gasteiger partial charge in [-0.3, -0.25) is 4.79 Å². The predicted octanol–water partition coefficient (Wildman–Crippen LogP) is 1.61. The Bertz CT molecular complexity index is 679. The lowest BCUT2D eigenvalue weighted by Gasteiger charge is -2.12. The standard InChI is InChI=1S/C12H14ClN5O3S/c1-18-12(15-16-17-18)22-6-11(19)14-8-4-7(13)9(20-2)5-10(8)21-3/h4-5H,6H2,1-3H3,(H,14,19). The Kier molecular flexibility index (Phi) is 5.45. The number of amides is 1. The van der Waals surface area contributed by atoms with Crippen molar-refractivity contribution in [3.63, 3.8) is 0 Å². The number of carbonyl (C=O) groups is 1. The molecule has 2 aromatic rings. The van der Waals surface area contributed by atoms with Crippen LogP contribution in [-0.4, -0.2) is 46.1 Å². The highest BCUT2D eigenvalue weighted by Gasteiger charge is 2.13. The van der Waals surface area contributed by atoms with Crippen LogP contribution in [-0.2, 0) is 11.8 Å². The van der Waals surface area contributed by atoms with Gasteiger partial charge in [-0.2, -0.15) is 0 Å². The number of ether oxygens (including phenoxy) is 2. The highest BCUT2D eigenvalue weighted by molar-refractivity contribution is 7.99. The zero-order valence-corrected chi connectivity index (χ0v) is 13.7. The van der Waals surface area contributed by atoms with Gasteiger partial charge < -0.3 is 14.8 Å². The monoisotopic (exact) mass is 343 g/mol. The van der Waals surface area contributed by atoms with Crippen LogP contribution in [0.15, 0.2) is 17.3 Å². The van der Waals surface area contributed by atoms with Crippen LogP contribution >= 0.6 is 23.4 Å². The molecular formula is C12H14ClN5O3S. The number of halogens is 1. The summed E-state index contributed by atoms with van der Waals surface area (Å²) in [4.78, 5) is 12.0. The second kappa shape index (κ2) is 7.32. The number of thioether (sulfide) groups is 1. The average molecular weight is 344 g/mol. The lowest BCUT2D eigenvalue weighted by molar-refractivity contribution is -0.113. The Labute approximate surface area is 136 Å². The molecule has 0 aliphatic carbocycles. The van der Waals surface area contributed by atoms with Gasteiger partial charge in [0.1, 0.15) is 11.5 Å². The third-order valence-corrected chi connectivity index (χ3v) is 3.97. The minimum atomic E-state index is -0.229. The van der Waals surface area contributed by atoms with Gasteiger partial charge in [0, 0.05) is 13.1 Å². The Balaban J connectivity index is 2.05. The molecule has 0 aliphatic heterocycles. The van der Waals surface area contributed by atoms with Gasteiger partial charge in [0.05, 0.1) is 30.7 Å². The van der Waals surface area contributed by atoms with Gasteiger partial charge in [-0.25, -0.2) is 4.68 Å². The number of anilines is 1. The van der Waals surface area contributed by atoms with Gasteiger partial charge in [-0.1, -0.05) is 23.4 Å². The van der Waals surface area contributed by atoms with Crippen LogP contribution < -0.4 is 14.8 Å². The Morgan fingerprint density at radius 3 is 2.68 bits per heavy atom. The molecule has 0 fully saturated rings. The summed E-state index contributed by atoms with van der Waals surface area (Å²) in [7, 11) is 4.70. The van der Waals surface area contributed by atoms with Gasteiger partial charge in [-0.15, -0.1) is 5.10 Å². The fraction of sp³-hybridized carbons (Fsp3) is 0.333. The molecule has 0 radical (unpaired) electrons. The van der Waals surface area contributed by atoms with Crippen molar-refractivity contribution in [1.29, 1.82) is 0 Å². The molecule has 0 aliphatic rings. The van der Waals surface area contributed by atoms with Gasteiger partial charge in [-0.05, 0) is 16.5 Å². The van der Waals surface area contributed by atoms with Crippen molar-refractivity contribution in [2.24, 2.45) is 7.05 Å². The topological polar surface area (TPSA) is 91.2 Å². The molecule has 8 nitrogen and oxygen atoms in total. The van der Waals surface area contributed by atoms with Crippen LogP contribution in [0.4, 0.5) is 5.69 Å². The minimum absolute atomic E-state index is 0.154. The summed E-state index contributed by atoms with van der Waals surface area (Å²) in [5.74, 6) is 0.851. The van der Waals surface area contributed by atoms with E-state index in [2.05, 4.69) is 20.8 Å². The van der Waals surface area contributed by atoms with E-state index in [1.807, 2.05) is 0 Å². The van der Waals surface area contributed by atoms with Crippen LogP contribution in [0.3, 0.4) is 0 Å². The lowest BCUT2D eigenvalue weighted by atomic mass is 10.2. The van der Waals surface area contributed by atoms with Crippen LogP contribution in [0.1, 0.15) is 0 Å². The van der Waals surface area contributed by atoms with Gasteiger partial charge >= 0.3 is 0 Å². The Hall–Kier alpha value is -2.00. The summed E-state index contributed by atoms with van der Waals surface area (Å²) in [6, 6.07) is 3.18. The molecule has 0 saturated carbocycles. The first-order valence-corrected chi connectivity index (χ1v) is 7.48. The number of methoxy groups -OCH3 is 2. The van der Waals surface area contributed by atoms with Crippen molar-refractivity contribution >= 4 is 35.0 Å². The average Bonchev–Trinajstić information content (AvgIpc) is 2.91. The van der Waals surface area contributed by atoms with Crippen molar-refractivity contribution in [1.82, 2.24) is 20.2 Å². The van der Waals surface area contributed by atoms with Crippen LogP contribution in [0, 0.1) is 0 Å². The molecule has 1 N–H and O–H groups in total. The number of nitrogens with one attached hydrogen (secondary N) is 1. The van der Waals surface area contributed by atoms with E-state index in [4.69, 9.17) is 21.1 Å². The molecule has 0 saturated heterocycles. The van der Waals surface area contributed by atoms with E-state index in [1.54, 1.807) is 19.2 Å². The van der Waals surface area contributed by atoms with Crippen molar-refractivity contribution in [3.8, 4) is 11.5 Å². The first-order chi connectivity index (χ1) is 10.5. The summed E-state index contributed by atoms with van der Waals surface area (Å²) in [5, 5.41) is 14.6. The summed E-state index contributed by atoms with van der Waals surface area (Å²) in [6.45, 7) is 0. The maximum Gasteiger partial charge on any atom is 0.234 e. The largest absolute Gasteiger partial charge is 0.495 e. The number of carbonyl (C=O) groups excluding carboxylic acids is 1. The highest BCUT2D eigenvalue weighted by atomic mass is 35.5. The first kappa shape index (κ1) is 16.4. The smallest absolute Gasteiger partial charge is 0.234 e. The number of nitrogens with zero attached hydrogens (tertiary/aromatic N) is 4. The molecule has 0 bridgehead atoms. The van der Waals surface area contributed by atoms with Crippen LogP contribution in [0.5, 0.6) is 11.5 Å². The second-order valence-corrected chi connectivity index (χ2v) is 5.46. The quantitative estimate of drug-likeness (QED) is 0.797. The number of hydrogen-bond donors (Lipinski definition) is 1. The van der Waals surface area contributed by atoms with E-state index < -0.39 is 0 Å². The summed E-state index contributed by atoms with van der Waals surface area (Å²) in [6.07, 6.45) is 0. The predicted molar refractivity (Wildman–Crippen MR) is 82.7 cm³/mol. The number of tetrazole rings is 1. The lowest BCUT2D eigenvalue weighted by Crippen LogP contribution is -2.15. The van der Waals surface area contributed by atoms with E-state index in [9.17, 15) is 4.79 Å². The number of aromatic nitrogens is 4. The van der Waals surface area contributed by atoms with Crippen molar-refractivity contribution in [2.45, 2.75) is 5.16 Å². The third kappa shape index (κ3) is 3.80. The zero-order valence-electron chi connectivity index (χ0n) is 12.2. The molecule has 0 atom stereocenters. The van der Waals surface area contributed by atoms with Gasteiger partial charge in [0.15, 0.2) is 0 Å². The van der Waals surface area contributed by atoms with Crippen LogP contribution in [0.2, 0.25) is 5.02 Å². The molecule has 1 heterocycles. The second-order valence-electron chi connectivity index (χ2n) is 4.11. The molecule has 0 spiro atoms. The Morgan fingerprint density at radius 2 is 2.09 bits per heavy atom. The fourth-order valence-corrected chi connectivity index (χ4v) is 2.51. The molecule has 22 heavy (non-hydrogen) atoms. The maximum absolute atomic E-state index is 12.0. The molecule has 1 aromatic carbocycles. The van der Waals surface area contributed by atoms with E-state index in [0.717, 1.165) is 0 Å². The minimum Gasteiger partial charge on any atom is -0.495 e. The summed E-state index contributed by atoms with van der Waals surface area (Å²) < 4.78 is 11.8. The molecule has 118 valence electrons. The molecule has 1 amide bonds. The third-order valence-electron chi connectivity index (χ3n) is 2.66. The van der Waals surface area contributed by atoms with E-state index in [0.29, 0.717) is 27.4 Å². The molecular weight excluding hydrogens is 330 g/mol. The van der Waals surface area contributed by atoms with Crippen molar-refractivity contribution < 1.29 is 14.3 Å². The Morgan fingerprint density at radius 1 is 1.36 bits per heavy atom. The first-order valence-electron chi connectivity index (χ1n) is 6.11. The number of hydrogen-bond acceptors (Lipinski definition) is 7. The SMILES string of the molecule is COc1cc(OC)c(NC(=O)CSc2nnnn2C)cc1Cl.